The number of ether oxygens (including phenoxy) is 1. The molecule has 0 spiro atoms. The molecule has 2 N–H and O–H groups in total. The smallest absolute Gasteiger partial charge is 0.339 e. The second kappa shape index (κ2) is 6.70. The quantitative estimate of drug-likeness (QED) is 0.807. The first-order valence-corrected chi connectivity index (χ1v) is 7.21. The molecule has 0 bridgehead atoms. The van der Waals surface area contributed by atoms with Gasteiger partial charge in [-0.3, -0.25) is 0 Å². The van der Waals surface area contributed by atoms with Crippen LogP contribution in [0.3, 0.4) is 0 Å². The molecule has 0 amide bonds. The van der Waals surface area contributed by atoms with Crippen molar-refractivity contribution in [2.75, 3.05) is 31.6 Å². The maximum Gasteiger partial charge on any atom is 0.339 e. The van der Waals surface area contributed by atoms with Crippen LogP contribution in [-0.2, 0) is 4.74 Å². The number of pyridine rings is 1. The zero-order valence-corrected chi connectivity index (χ0v) is 12.2. The highest BCUT2D eigenvalue weighted by Gasteiger charge is 2.26. The summed E-state index contributed by atoms with van der Waals surface area (Å²) < 4.78 is 4.93. The molecule has 5 nitrogen and oxygen atoms in total. The van der Waals surface area contributed by atoms with Gasteiger partial charge in [-0.2, -0.15) is 0 Å². The van der Waals surface area contributed by atoms with E-state index >= 15 is 0 Å². The van der Waals surface area contributed by atoms with E-state index in [4.69, 9.17) is 4.74 Å². The molecule has 5 heteroatoms. The Hall–Kier alpha value is -1.62. The van der Waals surface area contributed by atoms with Crippen molar-refractivity contribution in [2.45, 2.75) is 26.7 Å². The minimum absolute atomic E-state index is 0.312. The molecule has 1 aromatic rings. The van der Waals surface area contributed by atoms with Crippen LogP contribution in [0.15, 0.2) is 18.3 Å². The van der Waals surface area contributed by atoms with Gasteiger partial charge >= 0.3 is 5.97 Å². The van der Waals surface area contributed by atoms with Gasteiger partial charge in [-0.15, -0.1) is 0 Å². The van der Waals surface area contributed by atoms with E-state index in [-0.39, 0.29) is 5.97 Å². The zero-order chi connectivity index (χ0) is 14.4. The minimum atomic E-state index is -0.322. The Morgan fingerprint density at radius 1 is 1.45 bits per heavy atom. The molecule has 1 fully saturated rings. The molecule has 0 atom stereocenters. The number of hydrogen-bond donors (Lipinski definition) is 2. The number of aromatic nitrogens is 1. The number of rotatable bonds is 5. The molecule has 0 saturated carbocycles. The fourth-order valence-corrected chi connectivity index (χ4v) is 2.34. The van der Waals surface area contributed by atoms with E-state index in [1.807, 2.05) is 6.07 Å². The van der Waals surface area contributed by atoms with Gasteiger partial charge in [-0.25, -0.2) is 9.78 Å². The second-order valence-electron chi connectivity index (χ2n) is 5.57. The number of nitrogens with one attached hydrogen (secondary N) is 2. The van der Waals surface area contributed by atoms with Gasteiger partial charge in [0.05, 0.1) is 12.2 Å². The van der Waals surface area contributed by atoms with Crippen molar-refractivity contribution in [1.29, 1.82) is 0 Å². The lowest BCUT2D eigenvalue weighted by atomic mass is 9.81. The fraction of sp³-hybridized carbons (Fsp3) is 0.600. The summed E-state index contributed by atoms with van der Waals surface area (Å²) in [5.41, 5.74) is 0.803. The molecule has 1 saturated heterocycles. The van der Waals surface area contributed by atoms with E-state index in [9.17, 15) is 4.79 Å². The van der Waals surface area contributed by atoms with E-state index in [1.54, 1.807) is 19.2 Å². The number of piperidine rings is 1. The highest BCUT2D eigenvalue weighted by Crippen LogP contribution is 2.27. The highest BCUT2D eigenvalue weighted by atomic mass is 16.5. The van der Waals surface area contributed by atoms with Crippen LogP contribution in [0.4, 0.5) is 5.82 Å². The van der Waals surface area contributed by atoms with Gasteiger partial charge in [-0.05, 0) is 50.4 Å². The van der Waals surface area contributed by atoms with Crippen LogP contribution >= 0.6 is 0 Å². The summed E-state index contributed by atoms with van der Waals surface area (Å²) in [6.45, 7) is 7.53. The van der Waals surface area contributed by atoms with Crippen LogP contribution in [0.25, 0.3) is 0 Å². The summed E-state index contributed by atoms with van der Waals surface area (Å²) in [4.78, 5) is 15.8. The molecule has 2 heterocycles. The van der Waals surface area contributed by atoms with Crippen LogP contribution in [0.5, 0.6) is 0 Å². The first kappa shape index (κ1) is 14.8. The summed E-state index contributed by atoms with van der Waals surface area (Å²) >= 11 is 0. The molecule has 0 aliphatic carbocycles. The highest BCUT2D eigenvalue weighted by molar-refractivity contribution is 5.89. The number of nitrogens with zero attached hydrogens (tertiary/aromatic N) is 1. The summed E-state index contributed by atoms with van der Waals surface area (Å²) in [6, 6.07) is 3.58. The molecule has 2 rings (SSSR count). The van der Waals surface area contributed by atoms with Gasteiger partial charge in [0.1, 0.15) is 5.82 Å². The summed E-state index contributed by atoms with van der Waals surface area (Å²) in [7, 11) is 0. The molecule has 0 unspecified atom stereocenters. The summed E-state index contributed by atoms with van der Waals surface area (Å²) in [6.07, 6.45) is 3.90. The Morgan fingerprint density at radius 3 is 2.80 bits per heavy atom. The molecule has 0 radical (unpaired) electrons. The Labute approximate surface area is 120 Å². The van der Waals surface area contributed by atoms with Gasteiger partial charge < -0.3 is 15.4 Å². The SMILES string of the molecule is CCOC(=O)c1ccc(NCC2(C)CCNCC2)nc1. The van der Waals surface area contributed by atoms with Gasteiger partial charge in [0.25, 0.3) is 0 Å². The van der Waals surface area contributed by atoms with Gasteiger partial charge in [0.15, 0.2) is 0 Å². The van der Waals surface area contributed by atoms with Crippen LogP contribution in [0, 0.1) is 5.41 Å². The molecular formula is C15H23N3O2. The van der Waals surface area contributed by atoms with E-state index < -0.39 is 0 Å². The molecule has 0 aromatic carbocycles. The predicted molar refractivity (Wildman–Crippen MR) is 78.9 cm³/mol. The van der Waals surface area contributed by atoms with Crippen LogP contribution in [-0.4, -0.2) is 37.2 Å². The van der Waals surface area contributed by atoms with Crippen molar-refractivity contribution in [1.82, 2.24) is 10.3 Å². The lowest BCUT2D eigenvalue weighted by Gasteiger charge is -2.34. The van der Waals surface area contributed by atoms with Crippen molar-refractivity contribution < 1.29 is 9.53 Å². The molecule has 1 aromatic heterocycles. The van der Waals surface area contributed by atoms with Crippen LogP contribution in [0.1, 0.15) is 37.0 Å². The lowest BCUT2D eigenvalue weighted by Crippen LogP contribution is -2.39. The van der Waals surface area contributed by atoms with Crippen LogP contribution in [0.2, 0.25) is 0 Å². The minimum Gasteiger partial charge on any atom is -0.462 e. The number of esters is 1. The Bertz CT molecular complexity index is 439. The van der Waals surface area contributed by atoms with Crippen molar-refractivity contribution in [3.8, 4) is 0 Å². The number of hydrogen-bond acceptors (Lipinski definition) is 5. The van der Waals surface area contributed by atoms with Gasteiger partial charge in [-0.1, -0.05) is 6.92 Å². The average molecular weight is 277 g/mol. The Kier molecular flexibility index (Phi) is 4.95. The van der Waals surface area contributed by atoms with Gasteiger partial charge in [0, 0.05) is 12.7 Å². The van der Waals surface area contributed by atoms with E-state index in [0.29, 0.717) is 17.6 Å². The van der Waals surface area contributed by atoms with Crippen LogP contribution < -0.4 is 10.6 Å². The third-order valence-corrected chi connectivity index (χ3v) is 3.78. The number of anilines is 1. The first-order chi connectivity index (χ1) is 9.63. The normalized spacial score (nSPS) is 17.5. The molecule has 110 valence electrons. The lowest BCUT2D eigenvalue weighted by molar-refractivity contribution is 0.0526. The molecule has 1 aliphatic rings. The average Bonchev–Trinajstić information content (AvgIpc) is 2.47. The summed E-state index contributed by atoms with van der Waals surface area (Å²) in [5, 5.41) is 6.74. The molecular weight excluding hydrogens is 254 g/mol. The first-order valence-electron chi connectivity index (χ1n) is 7.21. The van der Waals surface area contributed by atoms with Crippen molar-refractivity contribution in [3.05, 3.63) is 23.9 Å². The zero-order valence-electron chi connectivity index (χ0n) is 12.2. The molecule has 1 aliphatic heterocycles. The van der Waals surface area contributed by atoms with Crippen molar-refractivity contribution in [3.63, 3.8) is 0 Å². The maximum absolute atomic E-state index is 11.5. The largest absolute Gasteiger partial charge is 0.462 e. The predicted octanol–water partition coefficient (Wildman–Crippen LogP) is 2.06. The van der Waals surface area contributed by atoms with Crippen molar-refractivity contribution in [2.24, 2.45) is 5.41 Å². The Balaban J connectivity index is 1.89. The van der Waals surface area contributed by atoms with E-state index in [2.05, 4.69) is 22.5 Å². The standard InChI is InChI=1S/C15H23N3O2/c1-3-20-14(19)12-4-5-13(17-10-12)18-11-15(2)6-8-16-9-7-15/h4-5,10,16H,3,6-9,11H2,1-2H3,(H,17,18). The van der Waals surface area contributed by atoms with E-state index in [1.165, 1.54) is 12.8 Å². The maximum atomic E-state index is 11.5. The number of carbonyl (C=O) groups is 1. The van der Waals surface area contributed by atoms with Gasteiger partial charge in [0.2, 0.25) is 0 Å². The fourth-order valence-electron chi connectivity index (χ4n) is 2.34. The third-order valence-electron chi connectivity index (χ3n) is 3.78. The third kappa shape index (κ3) is 3.93. The monoisotopic (exact) mass is 277 g/mol. The second-order valence-corrected chi connectivity index (χ2v) is 5.57. The topological polar surface area (TPSA) is 63.2 Å². The number of carbonyl (C=O) groups excluding carboxylic acids is 1. The molecule has 20 heavy (non-hydrogen) atoms. The summed E-state index contributed by atoms with van der Waals surface area (Å²) in [5.74, 6) is 0.481. The van der Waals surface area contributed by atoms with E-state index in [0.717, 1.165) is 25.5 Å². The Morgan fingerprint density at radius 2 is 2.20 bits per heavy atom. The van der Waals surface area contributed by atoms with Crippen molar-refractivity contribution >= 4 is 11.8 Å².